The predicted octanol–water partition coefficient (Wildman–Crippen LogP) is 4.30. The van der Waals surface area contributed by atoms with Crippen molar-refractivity contribution < 1.29 is 9.47 Å². The smallest absolute Gasteiger partial charge is 0.149 e. The van der Waals surface area contributed by atoms with Crippen molar-refractivity contribution in [2.75, 3.05) is 6.61 Å². The minimum absolute atomic E-state index is 0.315. The lowest BCUT2D eigenvalue weighted by molar-refractivity contribution is 0.369. The van der Waals surface area contributed by atoms with E-state index in [0.29, 0.717) is 6.61 Å². The lowest BCUT2D eigenvalue weighted by atomic mass is 10.3. The van der Waals surface area contributed by atoms with Crippen LogP contribution in [0.25, 0.3) is 0 Å². The highest BCUT2D eigenvalue weighted by molar-refractivity contribution is 5.35. The summed E-state index contributed by atoms with van der Waals surface area (Å²) in [5, 5.41) is 0. The Morgan fingerprint density at radius 3 is 2.17 bits per heavy atom. The van der Waals surface area contributed by atoms with Crippen LogP contribution in [0, 0.1) is 11.8 Å². The first-order valence-electron chi connectivity index (χ1n) is 7.26. The van der Waals surface area contributed by atoms with Gasteiger partial charge < -0.3 is 9.47 Å². The summed E-state index contributed by atoms with van der Waals surface area (Å²) in [5.41, 5.74) is 0.739. The van der Waals surface area contributed by atoms with Crippen molar-refractivity contribution in [2.45, 2.75) is 0 Å². The van der Waals surface area contributed by atoms with Gasteiger partial charge in [0.25, 0.3) is 0 Å². The molecule has 0 amide bonds. The largest absolute Gasteiger partial charge is 0.481 e. The van der Waals surface area contributed by atoms with E-state index < -0.39 is 0 Å². The molecule has 3 aromatic rings. The molecule has 3 rings (SSSR count). The summed E-state index contributed by atoms with van der Waals surface area (Å²) in [6.45, 7) is 0.315. The van der Waals surface area contributed by atoms with Crippen molar-refractivity contribution in [3.05, 3.63) is 84.7 Å². The van der Waals surface area contributed by atoms with Gasteiger partial charge in [0.1, 0.15) is 29.5 Å². The van der Waals surface area contributed by atoms with Crippen LogP contribution in [-0.4, -0.2) is 11.6 Å². The van der Waals surface area contributed by atoms with Gasteiger partial charge in [0.15, 0.2) is 0 Å². The van der Waals surface area contributed by atoms with Gasteiger partial charge in [-0.15, -0.1) is 0 Å². The van der Waals surface area contributed by atoms with Gasteiger partial charge in [-0.2, -0.15) is 0 Å². The minimum Gasteiger partial charge on any atom is -0.481 e. The molecule has 1 heterocycles. The molecule has 23 heavy (non-hydrogen) atoms. The topological polar surface area (TPSA) is 31.4 Å². The number of para-hydroxylation sites is 1. The van der Waals surface area contributed by atoms with Gasteiger partial charge >= 0.3 is 0 Å². The molecule has 0 saturated carbocycles. The number of hydrogen-bond acceptors (Lipinski definition) is 3. The lowest BCUT2D eigenvalue weighted by Gasteiger charge is -2.06. The molecular formula is C20H15NO2. The highest BCUT2D eigenvalue weighted by Gasteiger charge is 1.97. The van der Waals surface area contributed by atoms with E-state index in [-0.39, 0.29) is 0 Å². The number of aromatic nitrogens is 1. The van der Waals surface area contributed by atoms with Gasteiger partial charge in [-0.1, -0.05) is 30.2 Å². The highest BCUT2D eigenvalue weighted by Crippen LogP contribution is 2.23. The van der Waals surface area contributed by atoms with Crippen LogP contribution in [0.1, 0.15) is 5.69 Å². The SMILES string of the molecule is C(#Cc1ccccn1)COc1ccc(Oc2ccccc2)cc1. The minimum atomic E-state index is 0.315. The maximum Gasteiger partial charge on any atom is 0.149 e. The summed E-state index contributed by atoms with van der Waals surface area (Å²) in [6, 6.07) is 22.8. The molecule has 2 aromatic carbocycles. The Kier molecular flexibility index (Phi) is 4.90. The number of nitrogens with zero attached hydrogens (tertiary/aromatic N) is 1. The Balaban J connectivity index is 1.53. The first-order valence-corrected chi connectivity index (χ1v) is 7.26. The second-order valence-corrected chi connectivity index (χ2v) is 4.69. The first-order chi connectivity index (χ1) is 11.4. The molecule has 0 unspecified atom stereocenters. The molecule has 0 aliphatic rings. The van der Waals surface area contributed by atoms with E-state index >= 15 is 0 Å². The van der Waals surface area contributed by atoms with E-state index in [4.69, 9.17) is 9.47 Å². The summed E-state index contributed by atoms with van der Waals surface area (Å²) in [7, 11) is 0. The van der Waals surface area contributed by atoms with Gasteiger partial charge in [0.05, 0.1) is 0 Å². The number of ether oxygens (including phenoxy) is 2. The fourth-order valence-corrected chi connectivity index (χ4v) is 1.91. The van der Waals surface area contributed by atoms with Crippen LogP contribution in [0.3, 0.4) is 0 Å². The molecule has 0 fully saturated rings. The fourth-order valence-electron chi connectivity index (χ4n) is 1.91. The predicted molar refractivity (Wildman–Crippen MR) is 89.6 cm³/mol. The number of pyridine rings is 1. The molecule has 0 atom stereocenters. The van der Waals surface area contributed by atoms with E-state index in [0.717, 1.165) is 22.9 Å². The first kappa shape index (κ1) is 14.7. The van der Waals surface area contributed by atoms with Crippen LogP contribution in [0.15, 0.2) is 79.0 Å². The average Bonchev–Trinajstić information content (AvgIpc) is 2.62. The maximum absolute atomic E-state index is 5.73. The molecule has 1 aromatic heterocycles. The lowest BCUT2D eigenvalue weighted by Crippen LogP contribution is -1.94. The summed E-state index contributed by atoms with van der Waals surface area (Å²) >= 11 is 0. The second-order valence-electron chi connectivity index (χ2n) is 4.69. The van der Waals surface area contributed by atoms with Gasteiger partial charge in [0.2, 0.25) is 0 Å². The molecular weight excluding hydrogens is 286 g/mol. The summed E-state index contributed by atoms with van der Waals surface area (Å²) in [5.74, 6) is 8.21. The van der Waals surface area contributed by atoms with Crippen molar-refractivity contribution in [2.24, 2.45) is 0 Å². The van der Waals surface area contributed by atoms with Crippen molar-refractivity contribution in [3.63, 3.8) is 0 Å². The Morgan fingerprint density at radius 1 is 0.739 bits per heavy atom. The average molecular weight is 301 g/mol. The second kappa shape index (κ2) is 7.67. The van der Waals surface area contributed by atoms with Gasteiger partial charge in [-0.05, 0) is 54.5 Å². The zero-order valence-corrected chi connectivity index (χ0v) is 12.5. The quantitative estimate of drug-likeness (QED) is 0.673. The van der Waals surface area contributed by atoms with Crippen LogP contribution in [-0.2, 0) is 0 Å². The van der Waals surface area contributed by atoms with Gasteiger partial charge in [-0.25, -0.2) is 4.98 Å². The number of rotatable bonds is 4. The third-order valence-corrected chi connectivity index (χ3v) is 2.99. The normalized spacial score (nSPS) is 9.57. The molecule has 0 bridgehead atoms. The summed E-state index contributed by atoms with van der Waals surface area (Å²) in [6.07, 6.45) is 1.72. The molecule has 0 saturated heterocycles. The maximum atomic E-state index is 5.73. The van der Waals surface area contributed by atoms with E-state index in [1.165, 1.54) is 0 Å². The number of benzene rings is 2. The molecule has 0 N–H and O–H groups in total. The van der Waals surface area contributed by atoms with Gasteiger partial charge in [-0.3, -0.25) is 0 Å². The molecule has 0 spiro atoms. The summed E-state index contributed by atoms with van der Waals surface area (Å²) in [4.78, 5) is 4.13. The van der Waals surface area contributed by atoms with Crippen molar-refractivity contribution in [3.8, 4) is 29.1 Å². The molecule has 0 aliphatic heterocycles. The molecule has 0 aliphatic carbocycles. The molecule has 0 radical (unpaired) electrons. The van der Waals surface area contributed by atoms with Crippen molar-refractivity contribution in [1.82, 2.24) is 4.98 Å². The van der Waals surface area contributed by atoms with Crippen LogP contribution in [0.2, 0.25) is 0 Å². The molecule has 112 valence electrons. The van der Waals surface area contributed by atoms with Gasteiger partial charge in [0, 0.05) is 6.20 Å². The third kappa shape index (κ3) is 4.62. The highest BCUT2D eigenvalue weighted by atomic mass is 16.5. The van der Waals surface area contributed by atoms with Crippen LogP contribution in [0.5, 0.6) is 17.2 Å². The Bertz CT molecular complexity index is 788. The Morgan fingerprint density at radius 2 is 1.43 bits per heavy atom. The Labute approximate surface area is 135 Å². The van der Waals surface area contributed by atoms with E-state index in [1.54, 1.807) is 6.20 Å². The van der Waals surface area contributed by atoms with E-state index in [1.807, 2.05) is 72.8 Å². The van der Waals surface area contributed by atoms with Crippen LogP contribution in [0.4, 0.5) is 0 Å². The Hall–Kier alpha value is -3.25. The summed E-state index contributed by atoms with van der Waals surface area (Å²) < 4.78 is 11.3. The van der Waals surface area contributed by atoms with Crippen LogP contribution < -0.4 is 9.47 Å². The van der Waals surface area contributed by atoms with Crippen molar-refractivity contribution in [1.29, 1.82) is 0 Å². The zero-order valence-electron chi connectivity index (χ0n) is 12.5. The van der Waals surface area contributed by atoms with Crippen LogP contribution >= 0.6 is 0 Å². The third-order valence-electron chi connectivity index (χ3n) is 2.99. The molecule has 3 heteroatoms. The standard InChI is InChI=1S/C20H15NO2/c1-2-9-19(10-3-1)23-20-13-11-18(12-14-20)22-16-6-8-17-7-4-5-15-21-17/h1-5,7,9-15H,16H2. The zero-order chi connectivity index (χ0) is 15.7. The van der Waals surface area contributed by atoms with Crippen molar-refractivity contribution >= 4 is 0 Å². The monoisotopic (exact) mass is 301 g/mol. The number of hydrogen-bond donors (Lipinski definition) is 0. The molecule has 3 nitrogen and oxygen atoms in total. The van der Waals surface area contributed by atoms with E-state index in [2.05, 4.69) is 16.8 Å². The fraction of sp³-hybridized carbons (Fsp3) is 0.0500. The van der Waals surface area contributed by atoms with E-state index in [9.17, 15) is 0 Å².